The molecule has 0 spiro atoms. The number of amides is 1. The van der Waals surface area contributed by atoms with Gasteiger partial charge in [-0.3, -0.25) is 14.6 Å². The predicted octanol–water partition coefficient (Wildman–Crippen LogP) is 0.572. The Kier molecular flexibility index (Phi) is 6.01. The van der Waals surface area contributed by atoms with Crippen molar-refractivity contribution in [2.45, 2.75) is 57.7 Å². The summed E-state index contributed by atoms with van der Waals surface area (Å²) in [4.78, 5) is 16.8. The Balaban J connectivity index is 1.84. The normalized spacial score (nSPS) is 27.0. The molecule has 2 N–H and O–H groups in total. The van der Waals surface area contributed by atoms with E-state index in [1.807, 2.05) is 13.8 Å². The Morgan fingerprint density at radius 1 is 1.48 bits per heavy atom. The summed E-state index contributed by atoms with van der Waals surface area (Å²) in [6.45, 7) is 9.35. The maximum atomic E-state index is 12.3. The van der Waals surface area contributed by atoms with Crippen LogP contribution in [0.4, 0.5) is 0 Å². The molecule has 0 aromatic heterocycles. The number of nitrogens with one attached hydrogen (secondary N) is 1. The Morgan fingerprint density at radius 3 is 2.70 bits per heavy atom. The average molecular weight is 322 g/mol. The highest BCUT2D eigenvalue weighted by Gasteiger charge is 2.43. The van der Waals surface area contributed by atoms with Crippen LogP contribution in [-0.4, -0.2) is 71.2 Å². The molecular weight excluding hydrogens is 292 g/mol. The monoisotopic (exact) mass is 322 g/mol. The standard InChI is InChI=1S/C17H30N4O2/c1-4-15-10-20(7-8-21(15)9-13(2)22)11-16(23)19-17(3,12-18)14-5-6-14/h13-15,22H,4-11H2,1-3H3,(H,19,23)/t13-,15+,17-/m0/s1. The molecule has 1 amide bonds. The van der Waals surface area contributed by atoms with E-state index in [1.165, 1.54) is 0 Å². The van der Waals surface area contributed by atoms with Crippen LogP contribution in [0.1, 0.15) is 40.0 Å². The van der Waals surface area contributed by atoms with Crippen molar-refractivity contribution in [2.75, 3.05) is 32.7 Å². The van der Waals surface area contributed by atoms with Crippen LogP contribution < -0.4 is 5.32 Å². The summed E-state index contributed by atoms with van der Waals surface area (Å²) in [5.74, 6) is 0.252. The lowest BCUT2D eigenvalue weighted by Gasteiger charge is -2.41. The van der Waals surface area contributed by atoms with Crippen molar-refractivity contribution in [2.24, 2.45) is 5.92 Å². The van der Waals surface area contributed by atoms with E-state index in [2.05, 4.69) is 28.1 Å². The number of β-amino-alcohol motifs (C(OH)–C–C–N with tert-alkyl or cyclic N) is 1. The van der Waals surface area contributed by atoms with Gasteiger partial charge in [-0.25, -0.2) is 0 Å². The van der Waals surface area contributed by atoms with Crippen molar-refractivity contribution in [1.29, 1.82) is 5.26 Å². The minimum Gasteiger partial charge on any atom is -0.392 e. The lowest BCUT2D eigenvalue weighted by atomic mass is 9.98. The second-order valence-corrected chi connectivity index (χ2v) is 7.28. The number of carbonyl (C=O) groups is 1. The van der Waals surface area contributed by atoms with Crippen molar-refractivity contribution >= 4 is 5.91 Å². The molecule has 1 aliphatic carbocycles. The number of hydrogen-bond donors (Lipinski definition) is 2. The van der Waals surface area contributed by atoms with E-state index in [4.69, 9.17) is 0 Å². The zero-order chi connectivity index (χ0) is 17.0. The van der Waals surface area contributed by atoms with Crippen LogP contribution in [0.15, 0.2) is 0 Å². The van der Waals surface area contributed by atoms with Crippen LogP contribution >= 0.6 is 0 Å². The van der Waals surface area contributed by atoms with Gasteiger partial charge in [0.05, 0.1) is 18.7 Å². The predicted molar refractivity (Wildman–Crippen MR) is 88.7 cm³/mol. The maximum Gasteiger partial charge on any atom is 0.235 e. The first kappa shape index (κ1) is 18.2. The van der Waals surface area contributed by atoms with E-state index < -0.39 is 5.54 Å². The number of aliphatic hydroxyl groups is 1. The van der Waals surface area contributed by atoms with Gasteiger partial charge in [-0.2, -0.15) is 5.26 Å². The van der Waals surface area contributed by atoms with E-state index in [-0.39, 0.29) is 12.0 Å². The van der Waals surface area contributed by atoms with Crippen molar-refractivity contribution in [1.82, 2.24) is 15.1 Å². The van der Waals surface area contributed by atoms with Crippen LogP contribution in [-0.2, 0) is 4.79 Å². The Bertz CT molecular complexity index is 458. The van der Waals surface area contributed by atoms with Gasteiger partial charge in [0, 0.05) is 32.2 Å². The van der Waals surface area contributed by atoms with Crippen molar-refractivity contribution in [3.05, 3.63) is 0 Å². The summed E-state index contributed by atoms with van der Waals surface area (Å²) in [6, 6.07) is 2.64. The third kappa shape index (κ3) is 4.90. The molecule has 0 aromatic carbocycles. The zero-order valence-corrected chi connectivity index (χ0v) is 14.6. The number of aliphatic hydroxyl groups excluding tert-OH is 1. The highest BCUT2D eigenvalue weighted by Crippen LogP contribution is 2.39. The smallest absolute Gasteiger partial charge is 0.235 e. The Morgan fingerprint density at radius 2 is 2.17 bits per heavy atom. The van der Waals surface area contributed by atoms with Gasteiger partial charge < -0.3 is 10.4 Å². The van der Waals surface area contributed by atoms with Crippen LogP contribution in [0, 0.1) is 17.2 Å². The third-order valence-electron chi connectivity index (χ3n) is 5.05. The summed E-state index contributed by atoms with van der Waals surface area (Å²) in [5.41, 5.74) is -0.713. The first-order valence-corrected chi connectivity index (χ1v) is 8.74. The van der Waals surface area contributed by atoms with Crippen molar-refractivity contribution in [3.63, 3.8) is 0 Å². The van der Waals surface area contributed by atoms with Crippen LogP contribution in [0.25, 0.3) is 0 Å². The van der Waals surface area contributed by atoms with Gasteiger partial charge in [0.1, 0.15) is 5.54 Å². The van der Waals surface area contributed by atoms with Gasteiger partial charge in [0.2, 0.25) is 5.91 Å². The summed E-state index contributed by atoms with van der Waals surface area (Å²) in [5, 5.41) is 21.9. The Hall–Kier alpha value is -1.16. The molecule has 2 fully saturated rings. The van der Waals surface area contributed by atoms with Gasteiger partial charge in [-0.05, 0) is 39.0 Å². The third-order valence-corrected chi connectivity index (χ3v) is 5.05. The summed E-state index contributed by atoms with van der Waals surface area (Å²) in [7, 11) is 0. The quantitative estimate of drug-likeness (QED) is 0.716. The van der Waals surface area contributed by atoms with Gasteiger partial charge in [-0.15, -0.1) is 0 Å². The fourth-order valence-corrected chi connectivity index (χ4v) is 3.48. The lowest BCUT2D eigenvalue weighted by molar-refractivity contribution is -0.124. The molecule has 0 bridgehead atoms. The summed E-state index contributed by atoms with van der Waals surface area (Å²) in [6.07, 6.45) is 2.73. The highest BCUT2D eigenvalue weighted by atomic mass is 16.3. The summed E-state index contributed by atoms with van der Waals surface area (Å²) >= 11 is 0. The zero-order valence-electron chi connectivity index (χ0n) is 14.6. The molecule has 1 heterocycles. The molecule has 130 valence electrons. The second-order valence-electron chi connectivity index (χ2n) is 7.28. The second kappa shape index (κ2) is 7.61. The molecule has 0 unspecified atom stereocenters. The molecule has 0 radical (unpaired) electrons. The number of nitrogens with zero attached hydrogens (tertiary/aromatic N) is 3. The van der Waals surface area contributed by atoms with Gasteiger partial charge >= 0.3 is 0 Å². The molecule has 3 atom stereocenters. The molecular formula is C17H30N4O2. The van der Waals surface area contributed by atoms with Gasteiger partial charge in [0.15, 0.2) is 0 Å². The fourth-order valence-electron chi connectivity index (χ4n) is 3.48. The number of nitriles is 1. The van der Waals surface area contributed by atoms with E-state index in [1.54, 1.807) is 0 Å². The molecule has 23 heavy (non-hydrogen) atoms. The van der Waals surface area contributed by atoms with E-state index >= 15 is 0 Å². The van der Waals surface area contributed by atoms with Crippen molar-refractivity contribution in [3.8, 4) is 6.07 Å². The van der Waals surface area contributed by atoms with Crippen LogP contribution in [0.5, 0.6) is 0 Å². The number of rotatable bonds is 7. The number of hydrogen-bond acceptors (Lipinski definition) is 5. The first-order valence-electron chi connectivity index (χ1n) is 8.74. The van der Waals surface area contributed by atoms with Gasteiger partial charge in [0.25, 0.3) is 0 Å². The van der Waals surface area contributed by atoms with E-state index in [0.29, 0.717) is 25.0 Å². The number of piperazine rings is 1. The molecule has 2 aliphatic rings. The van der Waals surface area contributed by atoms with E-state index in [9.17, 15) is 15.2 Å². The highest BCUT2D eigenvalue weighted by molar-refractivity contribution is 5.79. The molecule has 1 saturated carbocycles. The fraction of sp³-hybridized carbons (Fsp3) is 0.882. The summed E-state index contributed by atoms with van der Waals surface area (Å²) < 4.78 is 0. The largest absolute Gasteiger partial charge is 0.392 e. The Labute approximate surface area is 139 Å². The molecule has 1 saturated heterocycles. The molecule has 6 heteroatoms. The average Bonchev–Trinajstić information content (AvgIpc) is 3.33. The molecule has 2 rings (SSSR count). The van der Waals surface area contributed by atoms with Crippen molar-refractivity contribution < 1.29 is 9.90 Å². The molecule has 0 aromatic rings. The molecule has 1 aliphatic heterocycles. The number of carbonyl (C=O) groups excluding carboxylic acids is 1. The van der Waals surface area contributed by atoms with Gasteiger partial charge in [-0.1, -0.05) is 6.92 Å². The topological polar surface area (TPSA) is 79.6 Å². The maximum absolute atomic E-state index is 12.3. The minimum absolute atomic E-state index is 0.0558. The minimum atomic E-state index is -0.713. The van der Waals surface area contributed by atoms with Crippen LogP contribution in [0.2, 0.25) is 0 Å². The SMILES string of the molecule is CC[C@@H]1CN(CC(=O)N[C@@](C)(C#N)C2CC2)CCN1C[C@H](C)O. The van der Waals surface area contributed by atoms with Crippen LogP contribution in [0.3, 0.4) is 0 Å². The lowest BCUT2D eigenvalue weighted by Crippen LogP contribution is -2.57. The van der Waals surface area contributed by atoms with E-state index in [0.717, 1.165) is 38.9 Å². The molecule has 6 nitrogen and oxygen atoms in total. The first-order chi connectivity index (χ1) is 10.9.